The maximum atomic E-state index is 13.3. The predicted molar refractivity (Wildman–Crippen MR) is 117 cm³/mol. The molecule has 162 valence electrons. The summed E-state index contributed by atoms with van der Waals surface area (Å²) in [5.41, 5.74) is 2.19. The Labute approximate surface area is 186 Å². The molecule has 0 aliphatic carbocycles. The van der Waals surface area contributed by atoms with E-state index in [1.165, 1.54) is 16.2 Å². The number of nitrogens with one attached hydrogen (secondary N) is 1. The Kier molecular flexibility index (Phi) is 5.85. The molecule has 9 heteroatoms. The fourth-order valence-corrected chi connectivity index (χ4v) is 4.93. The minimum absolute atomic E-state index is 0.0527. The van der Waals surface area contributed by atoms with E-state index in [1.807, 2.05) is 30.3 Å². The van der Waals surface area contributed by atoms with Gasteiger partial charge in [-0.1, -0.05) is 23.7 Å². The second-order valence-electron chi connectivity index (χ2n) is 7.47. The summed E-state index contributed by atoms with van der Waals surface area (Å²) in [6.07, 6.45) is -1.70. The first kappa shape index (κ1) is 21.5. The van der Waals surface area contributed by atoms with Gasteiger partial charge in [-0.2, -0.15) is 0 Å². The van der Waals surface area contributed by atoms with Crippen LogP contribution in [0.3, 0.4) is 0 Å². The van der Waals surface area contributed by atoms with Crippen LogP contribution < -0.4 is 5.32 Å². The van der Waals surface area contributed by atoms with Gasteiger partial charge in [0.25, 0.3) is 11.8 Å². The van der Waals surface area contributed by atoms with Crippen LogP contribution in [0.4, 0.5) is 13.6 Å². The first-order valence-corrected chi connectivity index (χ1v) is 10.9. The van der Waals surface area contributed by atoms with E-state index in [4.69, 9.17) is 16.7 Å². The lowest BCUT2D eigenvalue weighted by Crippen LogP contribution is -2.42. The fraction of sp³-hybridized carbons (Fsp3) is 0.273. The van der Waals surface area contributed by atoms with E-state index >= 15 is 0 Å². The van der Waals surface area contributed by atoms with E-state index in [0.717, 1.165) is 26.1 Å². The van der Waals surface area contributed by atoms with E-state index in [1.54, 1.807) is 12.1 Å². The number of halogens is 3. The summed E-state index contributed by atoms with van der Waals surface area (Å²) in [6, 6.07) is 12.7. The SMILES string of the molecule is O=C(O)NCc1cc2cc(-c3ccc(C(=O)N4CCC(F)(F)CC4)cc3)cc(Cl)c2s1. The molecule has 1 saturated heterocycles. The van der Waals surface area contributed by atoms with Gasteiger partial charge in [0.15, 0.2) is 0 Å². The molecule has 0 bridgehead atoms. The van der Waals surface area contributed by atoms with Crippen LogP contribution in [0.5, 0.6) is 0 Å². The molecule has 0 radical (unpaired) electrons. The monoisotopic (exact) mass is 464 g/mol. The van der Waals surface area contributed by atoms with Crippen molar-refractivity contribution in [2.24, 2.45) is 0 Å². The lowest BCUT2D eigenvalue weighted by molar-refractivity contribution is -0.0494. The molecule has 1 fully saturated rings. The van der Waals surface area contributed by atoms with Gasteiger partial charge in [0.2, 0.25) is 0 Å². The number of piperidine rings is 1. The van der Waals surface area contributed by atoms with E-state index in [9.17, 15) is 18.4 Å². The number of rotatable bonds is 4. The van der Waals surface area contributed by atoms with Gasteiger partial charge in [-0.3, -0.25) is 4.79 Å². The number of carboxylic acid groups (broad SMARTS) is 1. The smallest absolute Gasteiger partial charge is 0.404 e. The number of thiophene rings is 1. The third-order valence-corrected chi connectivity index (χ3v) is 6.88. The maximum absolute atomic E-state index is 13.3. The molecule has 2 amide bonds. The largest absolute Gasteiger partial charge is 0.465 e. The van der Waals surface area contributed by atoms with E-state index in [0.29, 0.717) is 10.6 Å². The van der Waals surface area contributed by atoms with Gasteiger partial charge >= 0.3 is 6.09 Å². The molecule has 1 aliphatic heterocycles. The molecule has 0 atom stereocenters. The lowest BCUT2D eigenvalue weighted by atomic mass is 10.0. The highest BCUT2D eigenvalue weighted by Crippen LogP contribution is 2.36. The highest BCUT2D eigenvalue weighted by molar-refractivity contribution is 7.19. The molecule has 4 rings (SSSR count). The number of amides is 2. The number of carbonyl (C=O) groups is 2. The predicted octanol–water partition coefficient (Wildman–Crippen LogP) is 5.86. The van der Waals surface area contributed by atoms with Crippen molar-refractivity contribution >= 4 is 45.0 Å². The van der Waals surface area contributed by atoms with Crippen molar-refractivity contribution in [1.82, 2.24) is 10.2 Å². The molecule has 0 spiro atoms. The van der Waals surface area contributed by atoms with Crippen molar-refractivity contribution in [2.45, 2.75) is 25.3 Å². The topological polar surface area (TPSA) is 69.6 Å². The highest BCUT2D eigenvalue weighted by atomic mass is 35.5. The van der Waals surface area contributed by atoms with Gasteiger partial charge < -0.3 is 15.3 Å². The van der Waals surface area contributed by atoms with E-state index in [2.05, 4.69) is 5.32 Å². The average Bonchev–Trinajstić information content (AvgIpc) is 3.16. The second-order valence-corrected chi connectivity index (χ2v) is 9.02. The first-order chi connectivity index (χ1) is 14.7. The Morgan fingerprint density at radius 1 is 1.10 bits per heavy atom. The molecule has 1 aliphatic rings. The molecular weight excluding hydrogens is 446 g/mol. The molecule has 2 heterocycles. The van der Waals surface area contributed by atoms with Gasteiger partial charge in [-0.25, -0.2) is 13.6 Å². The molecule has 0 unspecified atom stereocenters. The van der Waals surface area contributed by atoms with Crippen molar-refractivity contribution in [3.05, 3.63) is 57.9 Å². The Morgan fingerprint density at radius 2 is 1.77 bits per heavy atom. The van der Waals surface area contributed by atoms with Crippen molar-refractivity contribution < 1.29 is 23.5 Å². The molecular formula is C22H19ClF2N2O3S. The zero-order chi connectivity index (χ0) is 22.2. The van der Waals surface area contributed by atoms with Gasteiger partial charge in [-0.05, 0) is 46.8 Å². The van der Waals surface area contributed by atoms with E-state index in [-0.39, 0.29) is 38.4 Å². The van der Waals surface area contributed by atoms with Gasteiger partial charge in [-0.15, -0.1) is 11.3 Å². The zero-order valence-electron chi connectivity index (χ0n) is 16.3. The molecule has 2 aromatic carbocycles. The molecule has 1 aromatic heterocycles. The Morgan fingerprint density at radius 3 is 2.42 bits per heavy atom. The summed E-state index contributed by atoms with van der Waals surface area (Å²) in [5.74, 6) is -2.94. The van der Waals surface area contributed by atoms with Crippen LogP contribution >= 0.6 is 22.9 Å². The molecule has 31 heavy (non-hydrogen) atoms. The number of alkyl halides is 2. The summed E-state index contributed by atoms with van der Waals surface area (Å²) < 4.78 is 27.5. The normalized spacial score (nSPS) is 15.8. The van der Waals surface area contributed by atoms with Crippen molar-refractivity contribution in [1.29, 1.82) is 0 Å². The number of carbonyl (C=O) groups excluding carboxylic acids is 1. The number of hydrogen-bond acceptors (Lipinski definition) is 3. The third kappa shape index (κ3) is 4.80. The summed E-state index contributed by atoms with van der Waals surface area (Å²) >= 11 is 7.88. The van der Waals surface area contributed by atoms with Crippen LogP contribution in [0.25, 0.3) is 21.2 Å². The van der Waals surface area contributed by atoms with Gasteiger partial charge in [0.1, 0.15) is 0 Å². The van der Waals surface area contributed by atoms with Crippen LogP contribution in [-0.4, -0.2) is 41.0 Å². The van der Waals surface area contributed by atoms with Crippen LogP contribution in [0, 0.1) is 0 Å². The first-order valence-electron chi connectivity index (χ1n) is 9.68. The van der Waals surface area contributed by atoms with Crippen molar-refractivity contribution in [3.63, 3.8) is 0 Å². The lowest BCUT2D eigenvalue weighted by Gasteiger charge is -2.31. The van der Waals surface area contributed by atoms with Crippen LogP contribution in [0.15, 0.2) is 42.5 Å². The van der Waals surface area contributed by atoms with Crippen LogP contribution in [-0.2, 0) is 6.54 Å². The molecule has 0 saturated carbocycles. The maximum Gasteiger partial charge on any atom is 0.404 e. The minimum Gasteiger partial charge on any atom is -0.465 e. The third-order valence-electron chi connectivity index (χ3n) is 5.28. The van der Waals surface area contributed by atoms with E-state index < -0.39 is 12.0 Å². The summed E-state index contributed by atoms with van der Waals surface area (Å²) in [5, 5.41) is 12.6. The summed E-state index contributed by atoms with van der Waals surface area (Å²) in [6.45, 7) is 0.313. The summed E-state index contributed by atoms with van der Waals surface area (Å²) in [7, 11) is 0. The Hall–Kier alpha value is -2.71. The molecule has 5 nitrogen and oxygen atoms in total. The number of benzene rings is 2. The number of hydrogen-bond donors (Lipinski definition) is 2. The van der Waals surface area contributed by atoms with Crippen LogP contribution in [0.2, 0.25) is 5.02 Å². The second kappa shape index (κ2) is 8.43. The Bertz CT molecular complexity index is 1140. The quantitative estimate of drug-likeness (QED) is 0.508. The molecule has 3 aromatic rings. The highest BCUT2D eigenvalue weighted by Gasteiger charge is 2.35. The van der Waals surface area contributed by atoms with Crippen molar-refractivity contribution in [3.8, 4) is 11.1 Å². The van der Waals surface area contributed by atoms with Gasteiger partial charge in [0.05, 0.1) is 16.3 Å². The van der Waals surface area contributed by atoms with Crippen LogP contribution in [0.1, 0.15) is 28.1 Å². The molecule has 2 N–H and O–H groups in total. The van der Waals surface area contributed by atoms with Crippen molar-refractivity contribution in [2.75, 3.05) is 13.1 Å². The average molecular weight is 465 g/mol. The standard InChI is InChI=1S/C22H19ClF2N2O3S/c23-18-11-15(9-16-10-17(31-19(16)18)12-26-21(29)30)13-1-3-14(4-2-13)20(28)27-7-5-22(24,25)6-8-27/h1-4,9-11,26H,5-8,12H2,(H,29,30). The minimum atomic E-state index is -2.69. The summed E-state index contributed by atoms with van der Waals surface area (Å²) in [4.78, 5) is 25.6. The zero-order valence-corrected chi connectivity index (χ0v) is 17.9. The number of likely N-dealkylation sites (tertiary alicyclic amines) is 1. The Balaban J connectivity index is 1.53. The number of fused-ring (bicyclic) bond motifs is 1. The number of nitrogens with zero attached hydrogens (tertiary/aromatic N) is 1. The van der Waals surface area contributed by atoms with Gasteiger partial charge in [0, 0.05) is 36.4 Å². The fourth-order valence-electron chi connectivity index (χ4n) is 3.60.